The van der Waals surface area contributed by atoms with E-state index in [1.54, 1.807) is 11.3 Å². The Morgan fingerprint density at radius 3 is 2.43 bits per heavy atom. The molecule has 0 saturated heterocycles. The average molecular weight is 204 g/mol. The van der Waals surface area contributed by atoms with Gasteiger partial charge in [0.15, 0.2) is 0 Å². The van der Waals surface area contributed by atoms with Gasteiger partial charge in [-0.3, -0.25) is 0 Å². The molecule has 0 radical (unpaired) electrons. The van der Waals surface area contributed by atoms with Gasteiger partial charge in [-0.25, -0.2) is 4.98 Å². The number of thiazole rings is 1. The topological polar surface area (TPSA) is 38.9 Å². The molecule has 0 atom stereocenters. The van der Waals surface area contributed by atoms with Crippen LogP contribution in [0.3, 0.4) is 0 Å². The molecule has 1 aromatic carbocycles. The van der Waals surface area contributed by atoms with Crippen LogP contribution in [-0.4, -0.2) is 4.98 Å². The van der Waals surface area contributed by atoms with Gasteiger partial charge < -0.3 is 5.73 Å². The predicted octanol–water partition coefficient (Wildman–Crippen LogP) is 2.19. The summed E-state index contributed by atoms with van der Waals surface area (Å²) >= 11 is 1.64. The van der Waals surface area contributed by atoms with Crippen molar-refractivity contribution in [1.29, 1.82) is 0 Å². The van der Waals surface area contributed by atoms with E-state index in [0.717, 1.165) is 12.1 Å². The third-order valence-corrected chi connectivity index (χ3v) is 2.76. The number of benzene rings is 1. The molecule has 72 valence electrons. The van der Waals surface area contributed by atoms with Gasteiger partial charge in [-0.2, -0.15) is 0 Å². The van der Waals surface area contributed by atoms with Crippen molar-refractivity contribution in [2.24, 2.45) is 5.73 Å². The predicted molar refractivity (Wildman–Crippen MR) is 59.3 cm³/mol. The number of hydrogen-bond donors (Lipinski definition) is 1. The summed E-state index contributed by atoms with van der Waals surface area (Å²) in [6.07, 6.45) is 0.911. The molecule has 1 aromatic heterocycles. The van der Waals surface area contributed by atoms with Crippen LogP contribution in [-0.2, 0) is 13.0 Å². The quantitative estimate of drug-likeness (QED) is 0.832. The molecule has 0 bridgehead atoms. The van der Waals surface area contributed by atoms with Crippen LogP contribution in [0.25, 0.3) is 0 Å². The summed E-state index contributed by atoms with van der Waals surface area (Å²) in [7, 11) is 0. The van der Waals surface area contributed by atoms with E-state index in [1.165, 1.54) is 11.1 Å². The van der Waals surface area contributed by atoms with Gasteiger partial charge in [0.1, 0.15) is 0 Å². The van der Waals surface area contributed by atoms with E-state index in [1.807, 2.05) is 5.51 Å². The summed E-state index contributed by atoms with van der Waals surface area (Å²) < 4.78 is 0. The second kappa shape index (κ2) is 4.35. The molecule has 0 aliphatic rings. The van der Waals surface area contributed by atoms with Crippen molar-refractivity contribution < 1.29 is 0 Å². The molecule has 0 aliphatic heterocycles. The summed E-state index contributed by atoms with van der Waals surface area (Å²) in [5.41, 5.74) is 11.0. The molecule has 0 aliphatic carbocycles. The van der Waals surface area contributed by atoms with Crippen LogP contribution < -0.4 is 5.73 Å². The first-order valence-electron chi connectivity index (χ1n) is 4.53. The van der Waals surface area contributed by atoms with Crippen molar-refractivity contribution in [3.05, 3.63) is 52.0 Å². The Morgan fingerprint density at radius 1 is 1.14 bits per heavy atom. The summed E-state index contributed by atoms with van der Waals surface area (Å²) in [5.74, 6) is 0. The fourth-order valence-electron chi connectivity index (χ4n) is 1.33. The average Bonchev–Trinajstić information content (AvgIpc) is 2.72. The Hall–Kier alpha value is -1.19. The largest absolute Gasteiger partial charge is 0.326 e. The molecule has 2 aromatic rings. The number of rotatable bonds is 3. The van der Waals surface area contributed by atoms with E-state index in [4.69, 9.17) is 5.73 Å². The van der Waals surface area contributed by atoms with E-state index < -0.39 is 0 Å². The summed E-state index contributed by atoms with van der Waals surface area (Å²) in [4.78, 5) is 4.25. The maximum Gasteiger partial charge on any atom is 0.0794 e. The van der Waals surface area contributed by atoms with Crippen LogP contribution in [0.5, 0.6) is 0 Å². The lowest BCUT2D eigenvalue weighted by Gasteiger charge is -2.00. The Balaban J connectivity index is 2.10. The minimum absolute atomic E-state index is 0.608. The summed E-state index contributed by atoms with van der Waals surface area (Å²) in [5, 5.41) is 2.08. The van der Waals surface area contributed by atoms with Crippen LogP contribution in [0, 0.1) is 0 Å². The van der Waals surface area contributed by atoms with Gasteiger partial charge in [0, 0.05) is 18.3 Å². The van der Waals surface area contributed by atoms with Crippen molar-refractivity contribution in [2.75, 3.05) is 0 Å². The lowest BCUT2D eigenvalue weighted by molar-refractivity contribution is 1.05. The molecule has 3 heteroatoms. The third kappa shape index (κ3) is 2.19. The highest BCUT2D eigenvalue weighted by Crippen LogP contribution is 2.10. The maximum absolute atomic E-state index is 5.53. The molecule has 0 fully saturated rings. The zero-order chi connectivity index (χ0) is 9.80. The number of nitrogens with two attached hydrogens (primary N) is 1. The Bertz CT molecular complexity index is 378. The van der Waals surface area contributed by atoms with Gasteiger partial charge in [-0.05, 0) is 11.1 Å². The summed E-state index contributed by atoms with van der Waals surface area (Å²) in [6.45, 7) is 0.608. The van der Waals surface area contributed by atoms with Gasteiger partial charge in [-0.1, -0.05) is 24.3 Å². The number of nitrogens with zero attached hydrogens (tertiary/aromatic N) is 1. The molecule has 14 heavy (non-hydrogen) atoms. The van der Waals surface area contributed by atoms with E-state index in [2.05, 4.69) is 34.6 Å². The molecule has 1 heterocycles. The maximum atomic E-state index is 5.53. The van der Waals surface area contributed by atoms with Crippen LogP contribution in [0.15, 0.2) is 35.2 Å². The first-order valence-corrected chi connectivity index (χ1v) is 5.47. The molecular formula is C11H12N2S. The minimum atomic E-state index is 0.608. The van der Waals surface area contributed by atoms with Gasteiger partial charge in [-0.15, -0.1) is 11.3 Å². The van der Waals surface area contributed by atoms with E-state index in [-0.39, 0.29) is 0 Å². The molecule has 2 nitrogen and oxygen atoms in total. The molecule has 0 saturated carbocycles. The monoisotopic (exact) mass is 204 g/mol. The van der Waals surface area contributed by atoms with E-state index in [9.17, 15) is 0 Å². The summed E-state index contributed by atoms with van der Waals surface area (Å²) in [6, 6.07) is 8.37. The Kier molecular flexibility index (Phi) is 2.91. The van der Waals surface area contributed by atoms with Crippen molar-refractivity contribution in [2.45, 2.75) is 13.0 Å². The van der Waals surface area contributed by atoms with E-state index in [0.29, 0.717) is 6.54 Å². The zero-order valence-electron chi connectivity index (χ0n) is 7.81. The molecule has 0 spiro atoms. The Morgan fingerprint density at radius 2 is 1.86 bits per heavy atom. The number of hydrogen-bond acceptors (Lipinski definition) is 3. The standard InChI is InChI=1S/C11H12N2S/c12-6-10-3-1-9(2-4-10)5-11-7-14-8-13-11/h1-4,7-8H,5-6,12H2. The Labute approximate surface area is 87.4 Å². The normalized spacial score (nSPS) is 10.4. The van der Waals surface area contributed by atoms with E-state index >= 15 is 0 Å². The van der Waals surface area contributed by atoms with Gasteiger partial charge >= 0.3 is 0 Å². The number of aromatic nitrogens is 1. The molecule has 2 N–H and O–H groups in total. The molecule has 0 amide bonds. The minimum Gasteiger partial charge on any atom is -0.326 e. The van der Waals surface area contributed by atoms with Gasteiger partial charge in [0.25, 0.3) is 0 Å². The molecular weight excluding hydrogens is 192 g/mol. The highest BCUT2D eigenvalue weighted by Gasteiger charge is 1.97. The SMILES string of the molecule is NCc1ccc(Cc2cscn2)cc1. The lowest BCUT2D eigenvalue weighted by atomic mass is 10.1. The fraction of sp³-hybridized carbons (Fsp3) is 0.182. The van der Waals surface area contributed by atoms with Crippen molar-refractivity contribution in [3.63, 3.8) is 0 Å². The van der Waals surface area contributed by atoms with Gasteiger partial charge in [0.05, 0.1) is 11.2 Å². The van der Waals surface area contributed by atoms with Crippen LogP contribution >= 0.6 is 11.3 Å². The van der Waals surface area contributed by atoms with Crippen LogP contribution in [0.1, 0.15) is 16.8 Å². The second-order valence-corrected chi connectivity index (χ2v) is 3.90. The van der Waals surface area contributed by atoms with Crippen LogP contribution in [0.4, 0.5) is 0 Å². The van der Waals surface area contributed by atoms with Gasteiger partial charge in [0.2, 0.25) is 0 Å². The highest BCUT2D eigenvalue weighted by atomic mass is 32.1. The molecule has 2 rings (SSSR count). The smallest absolute Gasteiger partial charge is 0.0794 e. The van der Waals surface area contributed by atoms with Crippen LogP contribution in [0.2, 0.25) is 0 Å². The first kappa shape index (κ1) is 9.37. The first-order chi connectivity index (χ1) is 6.88. The van der Waals surface area contributed by atoms with Crippen molar-refractivity contribution >= 4 is 11.3 Å². The second-order valence-electron chi connectivity index (χ2n) is 3.18. The van der Waals surface area contributed by atoms with Crippen molar-refractivity contribution in [1.82, 2.24) is 4.98 Å². The molecule has 0 unspecified atom stereocenters. The highest BCUT2D eigenvalue weighted by molar-refractivity contribution is 7.07. The third-order valence-electron chi connectivity index (χ3n) is 2.13. The van der Waals surface area contributed by atoms with Crippen molar-refractivity contribution in [3.8, 4) is 0 Å². The fourth-order valence-corrected chi connectivity index (χ4v) is 1.89. The zero-order valence-corrected chi connectivity index (χ0v) is 8.63. The lowest BCUT2D eigenvalue weighted by Crippen LogP contribution is -1.96.